The molecule has 0 saturated heterocycles. The third-order valence-electron chi connectivity index (χ3n) is 2.59. The SMILES string of the molecule is CNc1nc(C)c([N+](=O)[O-])c(NCCC(=O)N(C)C)n1. The molecule has 0 radical (unpaired) electrons. The van der Waals surface area contributed by atoms with Crippen LogP contribution in [0.5, 0.6) is 0 Å². The van der Waals surface area contributed by atoms with Crippen molar-refractivity contribution in [3.8, 4) is 0 Å². The number of anilines is 2. The zero-order valence-corrected chi connectivity index (χ0v) is 11.9. The number of amides is 1. The van der Waals surface area contributed by atoms with E-state index in [2.05, 4.69) is 20.6 Å². The van der Waals surface area contributed by atoms with Crippen LogP contribution >= 0.6 is 0 Å². The Kier molecular flexibility index (Phi) is 5.18. The molecule has 0 atom stereocenters. The Morgan fingerprint density at radius 2 is 2.05 bits per heavy atom. The van der Waals surface area contributed by atoms with Gasteiger partial charge in [-0.05, 0) is 6.92 Å². The van der Waals surface area contributed by atoms with E-state index in [4.69, 9.17) is 0 Å². The van der Waals surface area contributed by atoms with E-state index in [1.165, 1.54) is 11.8 Å². The summed E-state index contributed by atoms with van der Waals surface area (Å²) in [7, 11) is 4.93. The molecular formula is C11H18N6O3. The van der Waals surface area contributed by atoms with Crippen LogP contribution in [-0.4, -0.2) is 53.4 Å². The molecule has 9 heteroatoms. The average molecular weight is 282 g/mol. The minimum Gasteiger partial charge on any atom is -0.364 e. The lowest BCUT2D eigenvalue weighted by Crippen LogP contribution is -2.24. The van der Waals surface area contributed by atoms with Crippen LogP contribution in [0.2, 0.25) is 0 Å². The van der Waals surface area contributed by atoms with Crippen LogP contribution < -0.4 is 10.6 Å². The zero-order valence-electron chi connectivity index (χ0n) is 11.9. The van der Waals surface area contributed by atoms with Gasteiger partial charge in [0.1, 0.15) is 5.69 Å². The highest BCUT2D eigenvalue weighted by molar-refractivity contribution is 5.76. The standard InChI is InChI=1S/C11H18N6O3/c1-7-9(17(19)20)10(15-11(12-2)14-7)13-6-5-8(18)16(3)4/h5-6H2,1-4H3,(H2,12,13,14,15). The second-order valence-electron chi connectivity index (χ2n) is 4.30. The topological polar surface area (TPSA) is 113 Å². The molecular weight excluding hydrogens is 264 g/mol. The zero-order chi connectivity index (χ0) is 15.3. The van der Waals surface area contributed by atoms with Gasteiger partial charge in [0.05, 0.1) is 4.92 Å². The molecule has 110 valence electrons. The summed E-state index contributed by atoms with van der Waals surface area (Å²) >= 11 is 0. The highest BCUT2D eigenvalue weighted by atomic mass is 16.6. The Morgan fingerprint density at radius 1 is 1.40 bits per heavy atom. The van der Waals surface area contributed by atoms with Gasteiger partial charge in [-0.2, -0.15) is 4.98 Å². The molecule has 1 aromatic heterocycles. The number of rotatable bonds is 6. The molecule has 1 rings (SSSR count). The number of carbonyl (C=O) groups excluding carboxylic acids is 1. The van der Waals surface area contributed by atoms with E-state index in [-0.39, 0.29) is 42.0 Å². The first-order valence-corrected chi connectivity index (χ1v) is 6.01. The molecule has 0 spiro atoms. The predicted molar refractivity (Wildman–Crippen MR) is 74.8 cm³/mol. The molecule has 0 aromatic carbocycles. The number of hydrogen-bond donors (Lipinski definition) is 2. The molecule has 0 aliphatic rings. The maximum Gasteiger partial charge on any atom is 0.332 e. The van der Waals surface area contributed by atoms with E-state index < -0.39 is 4.92 Å². The van der Waals surface area contributed by atoms with Gasteiger partial charge in [-0.15, -0.1) is 0 Å². The number of nitrogens with one attached hydrogen (secondary N) is 2. The summed E-state index contributed by atoms with van der Waals surface area (Å²) in [6.07, 6.45) is 0.224. The summed E-state index contributed by atoms with van der Waals surface area (Å²) in [5.41, 5.74) is 0.0806. The summed E-state index contributed by atoms with van der Waals surface area (Å²) in [5, 5.41) is 16.6. The maximum absolute atomic E-state index is 11.4. The number of carbonyl (C=O) groups is 1. The molecule has 1 aromatic rings. The van der Waals surface area contributed by atoms with Gasteiger partial charge in [-0.25, -0.2) is 4.98 Å². The van der Waals surface area contributed by atoms with Gasteiger partial charge in [0.15, 0.2) is 0 Å². The Labute approximate surface area is 116 Å². The van der Waals surface area contributed by atoms with Crippen molar-refractivity contribution in [2.75, 3.05) is 38.3 Å². The van der Waals surface area contributed by atoms with E-state index in [0.29, 0.717) is 0 Å². The average Bonchev–Trinajstić information content (AvgIpc) is 2.37. The maximum atomic E-state index is 11.4. The molecule has 0 saturated carbocycles. The molecule has 9 nitrogen and oxygen atoms in total. The predicted octanol–water partition coefficient (Wildman–Crippen LogP) is 0.625. The van der Waals surface area contributed by atoms with Crippen LogP contribution in [0.1, 0.15) is 12.1 Å². The normalized spacial score (nSPS) is 10.0. The van der Waals surface area contributed by atoms with Crippen molar-refractivity contribution in [2.45, 2.75) is 13.3 Å². The Morgan fingerprint density at radius 3 is 2.55 bits per heavy atom. The fourth-order valence-electron chi connectivity index (χ4n) is 1.53. The Bertz CT molecular complexity index is 517. The Balaban J connectivity index is 2.89. The number of hydrogen-bond acceptors (Lipinski definition) is 7. The monoisotopic (exact) mass is 282 g/mol. The van der Waals surface area contributed by atoms with Crippen LogP contribution in [0.15, 0.2) is 0 Å². The van der Waals surface area contributed by atoms with Crippen LogP contribution in [-0.2, 0) is 4.79 Å². The number of aryl methyl sites for hydroxylation is 1. The van der Waals surface area contributed by atoms with Crippen LogP contribution in [0.25, 0.3) is 0 Å². The van der Waals surface area contributed by atoms with Gasteiger partial charge < -0.3 is 15.5 Å². The lowest BCUT2D eigenvalue weighted by molar-refractivity contribution is -0.385. The molecule has 2 N–H and O–H groups in total. The fourth-order valence-corrected chi connectivity index (χ4v) is 1.53. The van der Waals surface area contributed by atoms with E-state index in [0.717, 1.165) is 0 Å². The van der Waals surface area contributed by atoms with E-state index in [1.807, 2.05) is 0 Å². The summed E-state index contributed by atoms with van der Waals surface area (Å²) < 4.78 is 0. The van der Waals surface area contributed by atoms with Crippen molar-refractivity contribution in [1.29, 1.82) is 0 Å². The molecule has 1 heterocycles. The summed E-state index contributed by atoms with van der Waals surface area (Å²) in [5.74, 6) is 0.327. The van der Waals surface area contributed by atoms with Gasteiger partial charge in [0, 0.05) is 34.1 Å². The quantitative estimate of drug-likeness (QED) is 0.581. The number of aromatic nitrogens is 2. The van der Waals surface area contributed by atoms with Gasteiger partial charge in [-0.1, -0.05) is 0 Å². The number of nitro groups is 1. The summed E-state index contributed by atoms with van der Waals surface area (Å²) in [4.78, 5) is 31.4. The minimum absolute atomic E-state index is 0.0697. The van der Waals surface area contributed by atoms with Gasteiger partial charge in [0.2, 0.25) is 17.7 Å². The summed E-state index contributed by atoms with van der Waals surface area (Å²) in [6.45, 7) is 1.80. The third-order valence-corrected chi connectivity index (χ3v) is 2.59. The van der Waals surface area contributed by atoms with E-state index >= 15 is 0 Å². The first kappa shape index (κ1) is 15.6. The molecule has 0 aliphatic carbocycles. The molecule has 0 aliphatic heterocycles. The second kappa shape index (κ2) is 6.64. The lowest BCUT2D eigenvalue weighted by Gasteiger charge is -2.12. The third kappa shape index (κ3) is 3.77. The van der Waals surface area contributed by atoms with Gasteiger partial charge in [-0.3, -0.25) is 14.9 Å². The highest BCUT2D eigenvalue weighted by Crippen LogP contribution is 2.26. The van der Waals surface area contributed by atoms with Crippen molar-refractivity contribution in [3.05, 3.63) is 15.8 Å². The molecule has 0 fully saturated rings. The molecule has 0 bridgehead atoms. The van der Waals surface area contributed by atoms with Gasteiger partial charge in [0.25, 0.3) is 0 Å². The summed E-state index contributed by atoms with van der Waals surface area (Å²) in [6, 6.07) is 0. The fraction of sp³-hybridized carbons (Fsp3) is 0.545. The molecule has 20 heavy (non-hydrogen) atoms. The van der Waals surface area contributed by atoms with Crippen molar-refractivity contribution in [1.82, 2.24) is 14.9 Å². The van der Waals surface area contributed by atoms with Crippen molar-refractivity contribution in [3.63, 3.8) is 0 Å². The first-order valence-electron chi connectivity index (χ1n) is 6.01. The minimum atomic E-state index is -0.537. The largest absolute Gasteiger partial charge is 0.364 e. The van der Waals surface area contributed by atoms with Crippen LogP contribution in [0, 0.1) is 17.0 Å². The molecule has 1 amide bonds. The lowest BCUT2D eigenvalue weighted by atomic mass is 10.3. The van der Waals surface area contributed by atoms with Crippen molar-refractivity contribution in [2.24, 2.45) is 0 Å². The highest BCUT2D eigenvalue weighted by Gasteiger charge is 2.21. The van der Waals surface area contributed by atoms with Crippen molar-refractivity contribution >= 4 is 23.4 Å². The first-order chi connectivity index (χ1) is 9.36. The van der Waals surface area contributed by atoms with Crippen molar-refractivity contribution < 1.29 is 9.72 Å². The number of nitrogens with zero attached hydrogens (tertiary/aromatic N) is 4. The van der Waals surface area contributed by atoms with Crippen LogP contribution in [0.3, 0.4) is 0 Å². The molecule has 0 unspecified atom stereocenters. The van der Waals surface area contributed by atoms with E-state index in [1.54, 1.807) is 21.1 Å². The van der Waals surface area contributed by atoms with E-state index in [9.17, 15) is 14.9 Å². The second-order valence-corrected chi connectivity index (χ2v) is 4.30. The smallest absolute Gasteiger partial charge is 0.332 e. The van der Waals surface area contributed by atoms with Gasteiger partial charge >= 0.3 is 5.69 Å². The van der Waals surface area contributed by atoms with Crippen LogP contribution in [0.4, 0.5) is 17.5 Å². The Hall–Kier alpha value is -2.45.